The van der Waals surface area contributed by atoms with Gasteiger partial charge in [-0.25, -0.2) is 28.1 Å². The van der Waals surface area contributed by atoms with Gasteiger partial charge in [0.25, 0.3) is 0 Å². The lowest BCUT2D eigenvalue weighted by molar-refractivity contribution is -0.114. The van der Waals surface area contributed by atoms with Crippen molar-refractivity contribution in [2.45, 2.75) is 32.5 Å². The lowest BCUT2D eigenvalue weighted by atomic mass is 10.2. The largest absolute Gasteiger partial charge is 0.376 e. The van der Waals surface area contributed by atoms with Gasteiger partial charge in [0, 0.05) is 13.0 Å². The molecule has 0 radical (unpaired) electrons. The van der Waals surface area contributed by atoms with E-state index in [4.69, 9.17) is 9.47 Å². The van der Waals surface area contributed by atoms with E-state index in [1.54, 1.807) is 12.2 Å². The molecule has 0 saturated carbocycles. The molecule has 0 aliphatic heterocycles. The lowest BCUT2D eigenvalue weighted by Crippen LogP contribution is -2.55. The topological polar surface area (TPSA) is 102 Å². The van der Waals surface area contributed by atoms with Crippen molar-refractivity contribution in [3.63, 3.8) is 0 Å². The lowest BCUT2D eigenvalue weighted by Gasteiger charge is -2.14. The third kappa shape index (κ3) is 6.75. The summed E-state index contributed by atoms with van der Waals surface area (Å²) in [6.45, 7) is 11.2. The molecule has 1 heterocycles. The van der Waals surface area contributed by atoms with Crippen LogP contribution in [0.4, 0.5) is 0 Å². The van der Waals surface area contributed by atoms with Crippen molar-refractivity contribution >= 4 is 5.78 Å². The number of hydrogen-bond donors (Lipinski definition) is 0. The van der Waals surface area contributed by atoms with Crippen LogP contribution in [0.5, 0.6) is 0 Å². The van der Waals surface area contributed by atoms with E-state index in [0.29, 0.717) is 0 Å². The van der Waals surface area contributed by atoms with Crippen LogP contribution in [0.1, 0.15) is 12.8 Å². The Kier molecular flexibility index (Phi) is 10.4. The Hall–Kier alpha value is -2.78. The molecule has 1 aromatic rings. The third-order valence-electron chi connectivity index (χ3n) is 3.81. The molecule has 0 bridgehead atoms. The van der Waals surface area contributed by atoms with E-state index in [1.807, 2.05) is 0 Å². The third-order valence-corrected chi connectivity index (χ3v) is 3.81. The number of carbonyl (C=O) groups excluding carboxylic acids is 1. The molecule has 9 heteroatoms. The average molecular weight is 393 g/mol. The van der Waals surface area contributed by atoms with Gasteiger partial charge >= 0.3 is 17.1 Å². The summed E-state index contributed by atoms with van der Waals surface area (Å²) in [6, 6.07) is 0. The minimum absolute atomic E-state index is 0.00904. The van der Waals surface area contributed by atoms with Crippen molar-refractivity contribution in [3.8, 4) is 0 Å². The van der Waals surface area contributed by atoms with Crippen LogP contribution >= 0.6 is 0 Å². The first-order valence-electron chi connectivity index (χ1n) is 8.94. The van der Waals surface area contributed by atoms with Crippen LogP contribution in [0.25, 0.3) is 0 Å². The van der Waals surface area contributed by atoms with E-state index >= 15 is 0 Å². The molecule has 0 N–H and O–H groups in total. The highest BCUT2D eigenvalue weighted by Gasteiger charge is 2.15. The van der Waals surface area contributed by atoms with Gasteiger partial charge < -0.3 is 9.47 Å². The molecule has 0 atom stereocenters. The van der Waals surface area contributed by atoms with E-state index in [1.165, 1.54) is 6.08 Å². The van der Waals surface area contributed by atoms with Gasteiger partial charge in [0.1, 0.15) is 0 Å². The molecular weight excluding hydrogens is 366 g/mol. The fourth-order valence-electron chi connectivity index (χ4n) is 2.41. The second-order valence-electron chi connectivity index (χ2n) is 5.80. The number of hydrogen-bond acceptors (Lipinski definition) is 6. The van der Waals surface area contributed by atoms with Crippen LogP contribution in [0.15, 0.2) is 52.3 Å². The molecule has 1 aromatic heterocycles. The van der Waals surface area contributed by atoms with Crippen molar-refractivity contribution in [3.05, 3.63) is 69.4 Å². The van der Waals surface area contributed by atoms with E-state index in [-0.39, 0.29) is 64.7 Å². The van der Waals surface area contributed by atoms with Gasteiger partial charge in [-0.2, -0.15) is 0 Å². The number of ketones is 1. The first-order valence-corrected chi connectivity index (χ1v) is 8.94. The molecule has 0 amide bonds. The maximum atomic E-state index is 12.6. The number of carbonyl (C=O) groups is 1. The number of allylic oxidation sites excluding steroid dienone is 1. The van der Waals surface area contributed by atoms with Crippen molar-refractivity contribution < 1.29 is 14.3 Å². The standard InChI is InChI=1S/C19H27N3O6/c1-4-12-27-14-10-21-17(24)20(9-7-8-16(23)6-3)18(25)22(19(21)26)11-15-28-13-5-2/h4-6H,1-3,7-15H2. The number of rotatable bonds is 15. The highest BCUT2D eigenvalue weighted by Crippen LogP contribution is 1.93. The zero-order valence-corrected chi connectivity index (χ0v) is 16.0. The smallest absolute Gasteiger partial charge is 0.336 e. The predicted molar refractivity (Wildman–Crippen MR) is 106 cm³/mol. The minimum atomic E-state index is -0.730. The molecule has 154 valence electrons. The normalized spacial score (nSPS) is 10.6. The van der Waals surface area contributed by atoms with Gasteiger partial charge in [0.05, 0.1) is 39.5 Å². The Morgan fingerprint density at radius 3 is 1.61 bits per heavy atom. The highest BCUT2D eigenvalue weighted by atomic mass is 16.5. The first kappa shape index (κ1) is 23.3. The zero-order chi connectivity index (χ0) is 20.9. The molecule has 0 spiro atoms. The molecule has 0 aliphatic rings. The molecule has 9 nitrogen and oxygen atoms in total. The summed E-state index contributed by atoms with van der Waals surface area (Å²) in [4.78, 5) is 49.3. The van der Waals surface area contributed by atoms with Gasteiger partial charge in [-0.05, 0) is 12.5 Å². The summed E-state index contributed by atoms with van der Waals surface area (Å²) < 4.78 is 13.3. The fourth-order valence-corrected chi connectivity index (χ4v) is 2.41. The summed E-state index contributed by atoms with van der Waals surface area (Å²) >= 11 is 0. The van der Waals surface area contributed by atoms with Crippen LogP contribution in [0.3, 0.4) is 0 Å². The van der Waals surface area contributed by atoms with Crippen LogP contribution in [0, 0.1) is 0 Å². The molecule has 1 rings (SSSR count). The van der Waals surface area contributed by atoms with Crippen LogP contribution in [0.2, 0.25) is 0 Å². The number of nitrogens with zero attached hydrogens (tertiary/aromatic N) is 3. The summed E-state index contributed by atoms with van der Waals surface area (Å²) in [5.74, 6) is -0.183. The summed E-state index contributed by atoms with van der Waals surface area (Å²) in [6.07, 6.45) is 4.72. The maximum Gasteiger partial charge on any atom is 0.336 e. The average Bonchev–Trinajstić information content (AvgIpc) is 2.69. The van der Waals surface area contributed by atoms with E-state index in [0.717, 1.165) is 13.7 Å². The second kappa shape index (κ2) is 12.6. The quantitative estimate of drug-likeness (QED) is 0.238. The minimum Gasteiger partial charge on any atom is -0.376 e. The van der Waals surface area contributed by atoms with Gasteiger partial charge in [0.2, 0.25) is 0 Å². The Morgan fingerprint density at radius 2 is 1.21 bits per heavy atom. The second-order valence-corrected chi connectivity index (χ2v) is 5.80. The Balaban J connectivity index is 3.17. The summed E-state index contributed by atoms with van der Waals surface area (Å²) in [5, 5.41) is 0. The molecule has 28 heavy (non-hydrogen) atoms. The SMILES string of the molecule is C=CCOCCn1c(=O)n(CCCC(=O)C=C)c(=O)n(CCOCC=C)c1=O. The zero-order valence-electron chi connectivity index (χ0n) is 16.0. The van der Waals surface area contributed by atoms with Crippen molar-refractivity contribution in [1.29, 1.82) is 0 Å². The summed E-state index contributed by atoms with van der Waals surface area (Å²) in [7, 11) is 0. The van der Waals surface area contributed by atoms with E-state index in [9.17, 15) is 19.2 Å². The molecular formula is C19H27N3O6. The first-order chi connectivity index (χ1) is 13.5. The number of ether oxygens (including phenoxy) is 2. The molecule has 0 fully saturated rings. The van der Waals surface area contributed by atoms with Gasteiger partial charge in [-0.15, -0.1) is 13.2 Å². The summed E-state index contributed by atoms with van der Waals surface area (Å²) in [5.41, 5.74) is -2.18. The van der Waals surface area contributed by atoms with Gasteiger partial charge in [-0.1, -0.05) is 18.7 Å². The van der Waals surface area contributed by atoms with Crippen LogP contribution in [-0.4, -0.2) is 45.9 Å². The van der Waals surface area contributed by atoms with Gasteiger partial charge in [0.15, 0.2) is 5.78 Å². The Labute approximate surface area is 162 Å². The Morgan fingerprint density at radius 1 is 0.786 bits per heavy atom. The molecule has 0 aliphatic carbocycles. The highest BCUT2D eigenvalue weighted by molar-refractivity contribution is 5.88. The predicted octanol–water partition coefficient (Wildman–Crippen LogP) is 0.112. The van der Waals surface area contributed by atoms with Crippen molar-refractivity contribution in [2.75, 3.05) is 26.4 Å². The van der Waals surface area contributed by atoms with Crippen LogP contribution < -0.4 is 17.1 Å². The van der Waals surface area contributed by atoms with Crippen molar-refractivity contribution in [1.82, 2.24) is 13.7 Å². The van der Waals surface area contributed by atoms with Crippen molar-refractivity contribution in [2.24, 2.45) is 0 Å². The van der Waals surface area contributed by atoms with E-state index in [2.05, 4.69) is 19.7 Å². The van der Waals surface area contributed by atoms with E-state index < -0.39 is 17.1 Å². The fraction of sp³-hybridized carbons (Fsp3) is 0.474. The number of aromatic nitrogens is 3. The monoisotopic (exact) mass is 393 g/mol. The molecule has 0 unspecified atom stereocenters. The molecule has 0 saturated heterocycles. The van der Waals surface area contributed by atoms with Gasteiger partial charge in [-0.3, -0.25) is 4.79 Å². The van der Waals surface area contributed by atoms with Crippen LogP contribution in [-0.2, 0) is 33.9 Å². The maximum absolute atomic E-state index is 12.6. The molecule has 0 aromatic carbocycles. The Bertz CT molecular complexity index is 808.